The number of nitrogens with one attached hydrogen (secondary N) is 1. The number of anilines is 2. The van der Waals surface area contributed by atoms with Crippen molar-refractivity contribution in [3.05, 3.63) is 59.9 Å². The number of carbonyl (C=O) groups is 1. The molecule has 0 spiro atoms. The molecule has 0 aromatic heterocycles. The van der Waals surface area contributed by atoms with Crippen molar-refractivity contribution >= 4 is 17.3 Å². The monoisotopic (exact) mass is 338 g/mol. The molecule has 1 aliphatic heterocycles. The molecule has 1 fully saturated rings. The molecule has 3 nitrogen and oxygen atoms in total. The number of hydrogen-bond donors (Lipinski definition) is 1. The van der Waals surface area contributed by atoms with Crippen molar-refractivity contribution < 1.29 is 9.18 Å². The summed E-state index contributed by atoms with van der Waals surface area (Å²) >= 11 is 0. The van der Waals surface area contributed by atoms with Gasteiger partial charge in [-0.2, -0.15) is 0 Å². The van der Waals surface area contributed by atoms with Crippen LogP contribution in [0.2, 0.25) is 0 Å². The van der Waals surface area contributed by atoms with Crippen LogP contribution in [-0.2, 0) is 4.79 Å². The standard InChI is InChI=1S/C21H23FN2O/c1-13-20(23-17-11-9-16(22)10-12-17)18-5-3-4-6-19(18)24(14(2)25)21(13)15-7-8-15/h3-6,9-13,15,20-21,23H,7-8H2,1-2H3. The molecule has 1 aliphatic carbocycles. The van der Waals surface area contributed by atoms with Crippen LogP contribution in [0.25, 0.3) is 0 Å². The molecule has 1 saturated carbocycles. The van der Waals surface area contributed by atoms with Crippen molar-refractivity contribution in [2.24, 2.45) is 11.8 Å². The van der Waals surface area contributed by atoms with Gasteiger partial charge in [-0.1, -0.05) is 25.1 Å². The van der Waals surface area contributed by atoms with Crippen LogP contribution in [0, 0.1) is 17.7 Å². The van der Waals surface area contributed by atoms with Gasteiger partial charge in [0.05, 0.1) is 6.04 Å². The number of halogens is 1. The molecule has 2 aliphatic rings. The number of nitrogens with zero attached hydrogens (tertiary/aromatic N) is 1. The van der Waals surface area contributed by atoms with Crippen LogP contribution in [0.15, 0.2) is 48.5 Å². The van der Waals surface area contributed by atoms with E-state index in [2.05, 4.69) is 18.3 Å². The number of benzene rings is 2. The first-order chi connectivity index (χ1) is 12.1. The van der Waals surface area contributed by atoms with E-state index >= 15 is 0 Å². The summed E-state index contributed by atoms with van der Waals surface area (Å²) in [4.78, 5) is 14.4. The van der Waals surface area contributed by atoms with Crippen molar-refractivity contribution in [1.29, 1.82) is 0 Å². The Kier molecular flexibility index (Phi) is 3.98. The highest BCUT2D eigenvalue weighted by atomic mass is 19.1. The molecule has 4 rings (SSSR count). The van der Waals surface area contributed by atoms with E-state index in [1.54, 1.807) is 19.1 Å². The lowest BCUT2D eigenvalue weighted by molar-refractivity contribution is -0.117. The minimum Gasteiger partial charge on any atom is -0.378 e. The molecule has 3 atom stereocenters. The summed E-state index contributed by atoms with van der Waals surface area (Å²) in [7, 11) is 0. The smallest absolute Gasteiger partial charge is 0.224 e. The van der Waals surface area contributed by atoms with Crippen LogP contribution < -0.4 is 10.2 Å². The fourth-order valence-electron chi connectivity index (χ4n) is 4.24. The number of fused-ring (bicyclic) bond motifs is 1. The van der Waals surface area contributed by atoms with Crippen LogP contribution in [0.3, 0.4) is 0 Å². The van der Waals surface area contributed by atoms with Gasteiger partial charge in [0.1, 0.15) is 5.82 Å². The first-order valence-electron chi connectivity index (χ1n) is 8.97. The van der Waals surface area contributed by atoms with Gasteiger partial charge in [-0.25, -0.2) is 4.39 Å². The van der Waals surface area contributed by atoms with Gasteiger partial charge in [0, 0.05) is 30.3 Å². The van der Waals surface area contributed by atoms with Crippen LogP contribution in [0.5, 0.6) is 0 Å². The Morgan fingerprint density at radius 3 is 2.44 bits per heavy atom. The highest BCUT2D eigenvalue weighted by molar-refractivity contribution is 5.94. The number of hydrogen-bond acceptors (Lipinski definition) is 2. The molecule has 2 aromatic rings. The Hall–Kier alpha value is -2.36. The lowest BCUT2D eigenvalue weighted by atomic mass is 9.80. The molecule has 3 unspecified atom stereocenters. The second kappa shape index (κ2) is 6.17. The average molecular weight is 338 g/mol. The summed E-state index contributed by atoms with van der Waals surface area (Å²) in [6.07, 6.45) is 2.37. The van der Waals surface area contributed by atoms with E-state index in [0.717, 1.165) is 16.9 Å². The lowest BCUT2D eigenvalue weighted by Gasteiger charge is -2.46. The van der Waals surface area contributed by atoms with Gasteiger partial charge in [0.25, 0.3) is 0 Å². The van der Waals surface area contributed by atoms with Gasteiger partial charge in [-0.15, -0.1) is 0 Å². The van der Waals surface area contributed by atoms with Crippen LogP contribution >= 0.6 is 0 Å². The number of carbonyl (C=O) groups excluding carboxylic acids is 1. The largest absolute Gasteiger partial charge is 0.378 e. The fraction of sp³-hybridized carbons (Fsp3) is 0.381. The summed E-state index contributed by atoms with van der Waals surface area (Å²) in [6.45, 7) is 3.88. The van der Waals surface area contributed by atoms with Crippen molar-refractivity contribution in [3.63, 3.8) is 0 Å². The third-order valence-electron chi connectivity index (χ3n) is 5.50. The second-order valence-corrected chi connectivity index (χ2v) is 7.26. The molecular formula is C21H23FN2O. The molecule has 25 heavy (non-hydrogen) atoms. The molecule has 1 heterocycles. The Morgan fingerprint density at radius 1 is 1.12 bits per heavy atom. The van der Waals surface area contributed by atoms with E-state index in [1.165, 1.54) is 25.0 Å². The molecule has 2 aromatic carbocycles. The van der Waals surface area contributed by atoms with Crippen LogP contribution in [-0.4, -0.2) is 11.9 Å². The van der Waals surface area contributed by atoms with Gasteiger partial charge < -0.3 is 10.2 Å². The van der Waals surface area contributed by atoms with Gasteiger partial charge in [0.15, 0.2) is 0 Å². The molecular weight excluding hydrogens is 315 g/mol. The van der Waals surface area contributed by atoms with Crippen molar-refractivity contribution in [1.82, 2.24) is 0 Å². The van der Waals surface area contributed by atoms with Crippen molar-refractivity contribution in [2.45, 2.75) is 38.8 Å². The van der Waals surface area contributed by atoms with E-state index in [0.29, 0.717) is 5.92 Å². The summed E-state index contributed by atoms with van der Waals surface area (Å²) in [6, 6.07) is 14.9. The van der Waals surface area contributed by atoms with E-state index in [1.807, 2.05) is 23.1 Å². The fourth-order valence-corrected chi connectivity index (χ4v) is 4.24. The summed E-state index contributed by atoms with van der Waals surface area (Å²) in [5.74, 6) is 0.721. The topological polar surface area (TPSA) is 32.3 Å². The molecule has 1 amide bonds. The third kappa shape index (κ3) is 2.90. The zero-order valence-corrected chi connectivity index (χ0v) is 14.6. The maximum atomic E-state index is 13.2. The molecule has 130 valence electrons. The van der Waals surface area contributed by atoms with E-state index < -0.39 is 0 Å². The van der Waals surface area contributed by atoms with E-state index in [-0.39, 0.29) is 29.7 Å². The second-order valence-electron chi connectivity index (χ2n) is 7.26. The Labute approximate surface area is 147 Å². The highest BCUT2D eigenvalue weighted by Crippen LogP contribution is 2.49. The van der Waals surface area contributed by atoms with Crippen LogP contribution in [0.1, 0.15) is 38.3 Å². The van der Waals surface area contributed by atoms with Gasteiger partial charge in [0.2, 0.25) is 5.91 Å². The summed E-state index contributed by atoms with van der Waals surface area (Å²) in [5.41, 5.74) is 3.04. The van der Waals surface area contributed by atoms with Crippen LogP contribution in [0.4, 0.5) is 15.8 Å². The normalized spacial score (nSPS) is 25.4. The van der Waals surface area contributed by atoms with Gasteiger partial charge >= 0.3 is 0 Å². The number of para-hydroxylation sites is 1. The minimum absolute atomic E-state index is 0.0999. The first-order valence-corrected chi connectivity index (χ1v) is 8.97. The van der Waals surface area contributed by atoms with Gasteiger partial charge in [-0.3, -0.25) is 4.79 Å². The lowest BCUT2D eigenvalue weighted by Crippen LogP contribution is -2.51. The average Bonchev–Trinajstić information content (AvgIpc) is 3.43. The predicted octanol–water partition coefficient (Wildman–Crippen LogP) is 4.76. The Balaban J connectivity index is 1.76. The maximum absolute atomic E-state index is 13.2. The number of amides is 1. The van der Waals surface area contributed by atoms with E-state index in [9.17, 15) is 9.18 Å². The molecule has 0 saturated heterocycles. The third-order valence-corrected chi connectivity index (χ3v) is 5.50. The molecule has 4 heteroatoms. The molecule has 0 bridgehead atoms. The zero-order valence-electron chi connectivity index (χ0n) is 14.6. The number of rotatable bonds is 3. The van der Waals surface area contributed by atoms with Gasteiger partial charge in [-0.05, 0) is 54.7 Å². The summed E-state index contributed by atoms with van der Waals surface area (Å²) < 4.78 is 13.2. The predicted molar refractivity (Wildman–Crippen MR) is 98.0 cm³/mol. The quantitative estimate of drug-likeness (QED) is 0.875. The maximum Gasteiger partial charge on any atom is 0.224 e. The SMILES string of the molecule is CC(=O)N1c2ccccc2C(Nc2ccc(F)cc2)C(C)C1C1CC1. The molecule has 0 radical (unpaired) electrons. The minimum atomic E-state index is -0.235. The van der Waals surface area contributed by atoms with Crippen molar-refractivity contribution in [2.75, 3.05) is 10.2 Å². The highest BCUT2D eigenvalue weighted by Gasteiger charge is 2.47. The summed E-state index contributed by atoms with van der Waals surface area (Å²) in [5, 5.41) is 3.58. The Morgan fingerprint density at radius 2 is 1.80 bits per heavy atom. The van der Waals surface area contributed by atoms with E-state index in [4.69, 9.17) is 0 Å². The zero-order chi connectivity index (χ0) is 17.6. The van der Waals surface area contributed by atoms with Crippen molar-refractivity contribution in [3.8, 4) is 0 Å². The Bertz CT molecular complexity index is 785. The molecule has 1 N–H and O–H groups in total. The first kappa shape index (κ1) is 16.1.